The lowest BCUT2D eigenvalue weighted by Gasteiger charge is -2.37. The Kier molecular flexibility index (Phi) is 6.16. The fourth-order valence-corrected chi connectivity index (χ4v) is 1.89. The Balaban J connectivity index is 4.25. The van der Waals surface area contributed by atoms with Crippen LogP contribution in [0, 0.1) is 11.3 Å². The fraction of sp³-hybridized carbons (Fsp3) is 1.00. The van der Waals surface area contributed by atoms with E-state index in [0.29, 0.717) is 17.4 Å². The average molecular weight is 242 g/mol. The molecule has 1 atom stereocenters. The van der Waals surface area contributed by atoms with Gasteiger partial charge >= 0.3 is 0 Å². The van der Waals surface area contributed by atoms with E-state index in [1.165, 1.54) is 0 Å². The van der Waals surface area contributed by atoms with Crippen LogP contribution in [0.25, 0.3) is 0 Å². The second-order valence-electron chi connectivity index (χ2n) is 7.67. The summed E-state index contributed by atoms with van der Waals surface area (Å²) >= 11 is 0. The molecular weight excluding hydrogens is 208 g/mol. The summed E-state index contributed by atoms with van der Waals surface area (Å²) in [5, 5.41) is 3.61. The van der Waals surface area contributed by atoms with Gasteiger partial charge in [0, 0.05) is 24.7 Å². The molecule has 0 aliphatic heterocycles. The van der Waals surface area contributed by atoms with E-state index in [1.807, 2.05) is 0 Å². The number of nitrogens with one attached hydrogen (secondary N) is 1. The van der Waals surface area contributed by atoms with Crippen LogP contribution >= 0.6 is 0 Å². The van der Waals surface area contributed by atoms with E-state index in [-0.39, 0.29) is 5.54 Å². The van der Waals surface area contributed by atoms with E-state index >= 15 is 0 Å². The molecule has 17 heavy (non-hydrogen) atoms. The smallest absolute Gasteiger partial charge is 0.00967 e. The molecule has 0 aromatic rings. The summed E-state index contributed by atoms with van der Waals surface area (Å²) in [5.74, 6) is 0.714. The van der Waals surface area contributed by atoms with E-state index < -0.39 is 0 Å². The number of hydrogen-bond acceptors (Lipinski definition) is 2. The van der Waals surface area contributed by atoms with Gasteiger partial charge in [-0.15, -0.1) is 0 Å². The Bertz CT molecular complexity index is 213. The van der Waals surface area contributed by atoms with Crippen molar-refractivity contribution >= 4 is 0 Å². The maximum Gasteiger partial charge on any atom is 0.00967 e. The first-order valence-electron chi connectivity index (χ1n) is 6.90. The molecule has 0 bridgehead atoms. The van der Waals surface area contributed by atoms with Crippen molar-refractivity contribution in [2.45, 2.75) is 67.0 Å². The lowest BCUT2D eigenvalue weighted by molar-refractivity contribution is 0.134. The summed E-state index contributed by atoms with van der Waals surface area (Å²) in [7, 11) is 2.24. The van der Waals surface area contributed by atoms with Gasteiger partial charge < -0.3 is 10.2 Å². The molecule has 2 nitrogen and oxygen atoms in total. The minimum atomic E-state index is 0.208. The van der Waals surface area contributed by atoms with Crippen LogP contribution in [0.3, 0.4) is 0 Å². The predicted octanol–water partition coefficient (Wildman–Crippen LogP) is 3.38. The molecule has 0 aromatic carbocycles. The zero-order valence-corrected chi connectivity index (χ0v) is 13.5. The van der Waals surface area contributed by atoms with Crippen LogP contribution in [0.4, 0.5) is 0 Å². The first-order chi connectivity index (χ1) is 7.44. The lowest BCUT2D eigenvalue weighted by atomic mass is 9.90. The molecule has 104 valence electrons. The minimum absolute atomic E-state index is 0.208. The SMILES string of the molecule is CC(C)C(C)N(C)CC(C)(C)CNC(C)(C)C. The van der Waals surface area contributed by atoms with Crippen LogP contribution in [-0.4, -0.2) is 36.6 Å². The topological polar surface area (TPSA) is 15.3 Å². The van der Waals surface area contributed by atoms with E-state index in [4.69, 9.17) is 0 Å². The first-order valence-corrected chi connectivity index (χ1v) is 6.90. The number of hydrogen-bond donors (Lipinski definition) is 1. The zero-order valence-electron chi connectivity index (χ0n) is 13.5. The van der Waals surface area contributed by atoms with E-state index in [2.05, 4.69) is 72.7 Å². The summed E-state index contributed by atoms with van der Waals surface area (Å²) in [6.07, 6.45) is 0. The molecule has 0 heterocycles. The zero-order chi connectivity index (χ0) is 13.9. The predicted molar refractivity (Wildman–Crippen MR) is 78.5 cm³/mol. The molecule has 0 spiro atoms. The van der Waals surface area contributed by atoms with Crippen LogP contribution in [0.5, 0.6) is 0 Å². The molecule has 0 rings (SSSR count). The average Bonchev–Trinajstić information content (AvgIpc) is 2.12. The van der Waals surface area contributed by atoms with Crippen LogP contribution in [0.1, 0.15) is 55.4 Å². The molecular formula is C15H34N2. The third-order valence-corrected chi connectivity index (χ3v) is 3.43. The van der Waals surface area contributed by atoms with Crippen molar-refractivity contribution in [2.75, 3.05) is 20.1 Å². The lowest BCUT2D eigenvalue weighted by Crippen LogP contribution is -2.47. The largest absolute Gasteiger partial charge is 0.311 e. The van der Waals surface area contributed by atoms with Gasteiger partial charge in [0.1, 0.15) is 0 Å². The van der Waals surface area contributed by atoms with Crippen LogP contribution in [0.2, 0.25) is 0 Å². The Labute approximate surface area is 109 Å². The molecule has 0 amide bonds. The van der Waals surface area contributed by atoms with Crippen molar-refractivity contribution in [3.63, 3.8) is 0 Å². The third-order valence-electron chi connectivity index (χ3n) is 3.43. The van der Waals surface area contributed by atoms with Gasteiger partial charge in [-0.2, -0.15) is 0 Å². The second kappa shape index (κ2) is 6.19. The van der Waals surface area contributed by atoms with Crippen molar-refractivity contribution in [3.05, 3.63) is 0 Å². The maximum atomic E-state index is 3.61. The monoisotopic (exact) mass is 242 g/mol. The number of rotatable bonds is 6. The van der Waals surface area contributed by atoms with Crippen molar-refractivity contribution in [3.8, 4) is 0 Å². The third kappa shape index (κ3) is 7.77. The Morgan fingerprint density at radius 2 is 1.47 bits per heavy atom. The van der Waals surface area contributed by atoms with Crippen molar-refractivity contribution in [2.24, 2.45) is 11.3 Å². The summed E-state index contributed by atoms with van der Waals surface area (Å²) in [4.78, 5) is 2.48. The molecule has 0 aromatic heterocycles. The minimum Gasteiger partial charge on any atom is -0.311 e. The van der Waals surface area contributed by atoms with Gasteiger partial charge in [0.05, 0.1) is 0 Å². The molecule has 1 unspecified atom stereocenters. The highest BCUT2D eigenvalue weighted by Gasteiger charge is 2.25. The summed E-state index contributed by atoms with van der Waals surface area (Å²) in [6, 6.07) is 0.643. The van der Waals surface area contributed by atoms with Crippen molar-refractivity contribution < 1.29 is 0 Å². The van der Waals surface area contributed by atoms with Gasteiger partial charge in [-0.25, -0.2) is 0 Å². The van der Waals surface area contributed by atoms with Gasteiger partial charge in [0.15, 0.2) is 0 Å². The first kappa shape index (κ1) is 16.9. The highest BCUT2D eigenvalue weighted by atomic mass is 15.1. The normalized spacial score (nSPS) is 15.7. The van der Waals surface area contributed by atoms with Crippen LogP contribution in [0.15, 0.2) is 0 Å². The summed E-state index contributed by atoms with van der Waals surface area (Å²) < 4.78 is 0. The second-order valence-corrected chi connectivity index (χ2v) is 7.67. The Hall–Kier alpha value is -0.0800. The maximum absolute atomic E-state index is 3.61. The molecule has 0 aliphatic rings. The van der Waals surface area contributed by atoms with Gasteiger partial charge in [-0.3, -0.25) is 0 Å². The van der Waals surface area contributed by atoms with Gasteiger partial charge in [-0.1, -0.05) is 27.7 Å². The van der Waals surface area contributed by atoms with Gasteiger partial charge in [-0.05, 0) is 46.1 Å². The Morgan fingerprint density at radius 1 is 1.00 bits per heavy atom. The molecule has 0 fully saturated rings. The molecule has 0 saturated heterocycles. The van der Waals surface area contributed by atoms with E-state index in [0.717, 1.165) is 13.1 Å². The highest BCUT2D eigenvalue weighted by Crippen LogP contribution is 2.19. The van der Waals surface area contributed by atoms with Crippen molar-refractivity contribution in [1.82, 2.24) is 10.2 Å². The Morgan fingerprint density at radius 3 is 1.82 bits per heavy atom. The van der Waals surface area contributed by atoms with Gasteiger partial charge in [0.2, 0.25) is 0 Å². The van der Waals surface area contributed by atoms with Gasteiger partial charge in [0.25, 0.3) is 0 Å². The quantitative estimate of drug-likeness (QED) is 0.768. The highest BCUT2D eigenvalue weighted by molar-refractivity contribution is 4.81. The molecule has 0 aliphatic carbocycles. The van der Waals surface area contributed by atoms with Crippen LogP contribution < -0.4 is 5.32 Å². The molecule has 1 N–H and O–H groups in total. The standard InChI is InChI=1S/C15H34N2/c1-12(2)13(3)17(9)11-15(7,8)10-16-14(4,5)6/h12-13,16H,10-11H2,1-9H3. The van der Waals surface area contributed by atoms with E-state index in [1.54, 1.807) is 0 Å². The van der Waals surface area contributed by atoms with Crippen molar-refractivity contribution in [1.29, 1.82) is 0 Å². The summed E-state index contributed by atoms with van der Waals surface area (Å²) in [6.45, 7) is 20.5. The molecule has 2 heteroatoms. The summed E-state index contributed by atoms with van der Waals surface area (Å²) in [5.41, 5.74) is 0.519. The number of nitrogens with zero attached hydrogens (tertiary/aromatic N) is 1. The van der Waals surface area contributed by atoms with Crippen LogP contribution in [-0.2, 0) is 0 Å². The molecule has 0 radical (unpaired) electrons. The fourth-order valence-electron chi connectivity index (χ4n) is 1.89. The van der Waals surface area contributed by atoms with E-state index in [9.17, 15) is 0 Å². The molecule has 0 saturated carbocycles.